The molecule has 10 heteroatoms. The maximum atomic E-state index is 13.2. The molecule has 0 spiro atoms. The first-order valence-corrected chi connectivity index (χ1v) is 18.0. The molecule has 0 radical (unpaired) electrons. The van der Waals surface area contributed by atoms with Gasteiger partial charge in [-0.3, -0.25) is 0 Å². The van der Waals surface area contributed by atoms with Crippen molar-refractivity contribution in [2.24, 2.45) is 0 Å². The molecule has 2 aliphatic heterocycles. The van der Waals surface area contributed by atoms with Gasteiger partial charge >= 0.3 is 0 Å². The molecule has 5 rings (SSSR count). The van der Waals surface area contributed by atoms with Crippen LogP contribution in [0, 0.1) is 13.8 Å². The van der Waals surface area contributed by atoms with Gasteiger partial charge < -0.3 is 29.7 Å². The molecule has 2 saturated heterocycles. The Morgan fingerprint density at radius 2 is 1.76 bits per heavy atom. The van der Waals surface area contributed by atoms with Crippen molar-refractivity contribution >= 4 is 52.9 Å². The van der Waals surface area contributed by atoms with E-state index < -0.39 is 7.14 Å². The largest absolute Gasteiger partial charge is 0.494 e. The van der Waals surface area contributed by atoms with E-state index >= 15 is 0 Å². The lowest BCUT2D eigenvalue weighted by atomic mass is 10.0. The Morgan fingerprint density at radius 1 is 1.05 bits per heavy atom. The predicted molar refractivity (Wildman–Crippen MR) is 177 cm³/mol. The van der Waals surface area contributed by atoms with Crippen LogP contribution in [0.15, 0.2) is 30.5 Å². The predicted octanol–water partition coefficient (Wildman–Crippen LogP) is 7.12. The normalized spacial score (nSPS) is 16.6. The molecule has 0 atom stereocenters. The first-order valence-electron chi connectivity index (χ1n) is 15.0. The van der Waals surface area contributed by atoms with Gasteiger partial charge in [-0.15, -0.1) is 0 Å². The van der Waals surface area contributed by atoms with Gasteiger partial charge in [0.05, 0.1) is 24.7 Å². The summed E-state index contributed by atoms with van der Waals surface area (Å²) < 4.78 is 19.1. The lowest BCUT2D eigenvalue weighted by molar-refractivity contribution is 0.208. The van der Waals surface area contributed by atoms with Crippen molar-refractivity contribution in [3.8, 4) is 5.75 Å². The summed E-state index contributed by atoms with van der Waals surface area (Å²) in [5.41, 5.74) is 6.14. The highest BCUT2D eigenvalue weighted by molar-refractivity contribution is 7.70. The van der Waals surface area contributed by atoms with Crippen LogP contribution in [0.2, 0.25) is 5.02 Å². The number of methoxy groups -OCH3 is 1. The van der Waals surface area contributed by atoms with E-state index in [-0.39, 0.29) is 0 Å². The minimum atomic E-state index is -2.57. The monoisotopic (exact) mass is 610 g/mol. The van der Waals surface area contributed by atoms with Gasteiger partial charge in [0.15, 0.2) is 5.82 Å². The van der Waals surface area contributed by atoms with Crippen molar-refractivity contribution in [1.82, 2.24) is 14.9 Å². The van der Waals surface area contributed by atoms with Crippen LogP contribution in [-0.4, -0.2) is 67.5 Å². The Kier molecular flexibility index (Phi) is 9.36. The Hall–Kier alpha value is -2.80. The summed E-state index contributed by atoms with van der Waals surface area (Å²) in [6, 6.07) is 8.96. The molecule has 2 aliphatic rings. The number of ether oxygens (including phenoxy) is 1. The van der Waals surface area contributed by atoms with Crippen molar-refractivity contribution < 1.29 is 9.30 Å². The first kappa shape index (κ1) is 30.7. The van der Waals surface area contributed by atoms with Gasteiger partial charge in [0.25, 0.3) is 0 Å². The van der Waals surface area contributed by atoms with E-state index in [1.807, 2.05) is 26.0 Å². The van der Waals surface area contributed by atoms with Crippen LogP contribution in [-0.2, 0) is 11.0 Å². The Balaban J connectivity index is 1.38. The molecule has 3 aromatic rings. The van der Waals surface area contributed by atoms with E-state index in [1.54, 1.807) is 26.6 Å². The quantitative estimate of drug-likeness (QED) is 0.248. The van der Waals surface area contributed by atoms with Gasteiger partial charge in [-0.1, -0.05) is 24.6 Å². The van der Waals surface area contributed by atoms with E-state index in [0.717, 1.165) is 53.1 Å². The van der Waals surface area contributed by atoms with Gasteiger partial charge in [-0.25, -0.2) is 4.98 Å². The average Bonchev–Trinajstić information content (AvgIpc) is 3.51. The van der Waals surface area contributed by atoms with E-state index in [0.29, 0.717) is 22.8 Å². The minimum absolute atomic E-state index is 0.376. The van der Waals surface area contributed by atoms with Crippen molar-refractivity contribution in [3.63, 3.8) is 0 Å². The molecule has 3 heterocycles. The zero-order valence-electron chi connectivity index (χ0n) is 25.8. The molecule has 8 nitrogen and oxygen atoms in total. The topological polar surface area (TPSA) is 82.6 Å². The van der Waals surface area contributed by atoms with Gasteiger partial charge in [-0.2, -0.15) is 4.98 Å². The Morgan fingerprint density at radius 3 is 2.40 bits per heavy atom. The SMILES string of the molecule is CCc1cc(Nc2ncc(Cl)c(Nc3ccc(C)c(C)c3P(C)(C)=O)n2)c(OC)cc1N1CCC(N2CCCC2)CC1. The molecule has 0 saturated carbocycles. The summed E-state index contributed by atoms with van der Waals surface area (Å²) >= 11 is 6.53. The molecule has 226 valence electrons. The van der Waals surface area contributed by atoms with Crippen LogP contribution in [0.3, 0.4) is 0 Å². The van der Waals surface area contributed by atoms with Crippen molar-refractivity contribution in [2.45, 2.75) is 58.9 Å². The molecule has 0 aliphatic carbocycles. The second kappa shape index (κ2) is 12.8. The zero-order chi connectivity index (χ0) is 30.0. The number of nitrogens with zero attached hydrogens (tertiary/aromatic N) is 4. The molecule has 0 unspecified atom stereocenters. The maximum Gasteiger partial charge on any atom is 0.229 e. The molecule has 1 aromatic heterocycles. The lowest BCUT2D eigenvalue weighted by Gasteiger charge is -2.38. The lowest BCUT2D eigenvalue weighted by Crippen LogP contribution is -2.44. The van der Waals surface area contributed by atoms with Crippen LogP contribution >= 0.6 is 18.7 Å². The Bertz CT molecular complexity index is 1480. The summed E-state index contributed by atoms with van der Waals surface area (Å²) in [6.07, 6.45) is 7.56. The summed E-state index contributed by atoms with van der Waals surface area (Å²) in [5, 5.41) is 7.88. The van der Waals surface area contributed by atoms with Gasteiger partial charge in [0.1, 0.15) is 17.9 Å². The number of likely N-dealkylation sites (tertiary alicyclic amines) is 1. The minimum Gasteiger partial charge on any atom is -0.494 e. The highest BCUT2D eigenvalue weighted by atomic mass is 35.5. The van der Waals surface area contributed by atoms with Crippen LogP contribution in [0.5, 0.6) is 5.75 Å². The number of hydrogen-bond acceptors (Lipinski definition) is 8. The van der Waals surface area contributed by atoms with Crippen LogP contribution in [0.4, 0.5) is 28.8 Å². The average molecular weight is 611 g/mol. The Labute approximate surface area is 255 Å². The maximum absolute atomic E-state index is 13.2. The number of halogens is 1. The third-order valence-electron chi connectivity index (χ3n) is 8.73. The number of aromatic nitrogens is 2. The molecular formula is C32H44ClN6O2P. The fourth-order valence-corrected chi connectivity index (χ4v) is 8.23. The standard InChI is InChI=1S/C32H44ClN6O2P/c1-7-23-18-27(29(41-4)19-28(23)39-16-12-24(13-17-39)38-14-8-9-15-38)36-32-34-20-25(33)31(37-32)35-26-11-10-21(2)22(3)30(26)42(5,6)40/h10-11,18-20,24H,7-9,12-17H2,1-6H3,(H2,34,35,36,37). The van der Waals surface area contributed by atoms with Crippen molar-refractivity contribution in [2.75, 3.05) is 62.2 Å². The zero-order valence-corrected chi connectivity index (χ0v) is 27.4. The number of benzene rings is 2. The van der Waals surface area contributed by atoms with Crippen molar-refractivity contribution in [3.05, 3.63) is 52.2 Å². The number of nitrogens with one attached hydrogen (secondary N) is 2. The summed E-state index contributed by atoms with van der Waals surface area (Å²) in [6.45, 7) is 14.4. The second-order valence-electron chi connectivity index (χ2n) is 11.9. The molecule has 2 N–H and O–H groups in total. The number of aryl methyl sites for hydroxylation is 2. The number of rotatable bonds is 9. The van der Waals surface area contributed by atoms with E-state index in [9.17, 15) is 4.57 Å². The number of piperidine rings is 1. The van der Waals surface area contributed by atoms with Gasteiger partial charge in [-0.05, 0) is 101 Å². The highest BCUT2D eigenvalue weighted by Crippen LogP contribution is 2.41. The number of anilines is 5. The second-order valence-corrected chi connectivity index (χ2v) is 15.4. The van der Waals surface area contributed by atoms with E-state index in [1.165, 1.54) is 50.0 Å². The van der Waals surface area contributed by atoms with Gasteiger partial charge in [0.2, 0.25) is 5.95 Å². The fraction of sp³-hybridized carbons (Fsp3) is 0.500. The third kappa shape index (κ3) is 6.56. The molecule has 0 amide bonds. The van der Waals surface area contributed by atoms with Crippen molar-refractivity contribution in [1.29, 1.82) is 0 Å². The summed E-state index contributed by atoms with van der Waals surface area (Å²) in [5.74, 6) is 1.58. The van der Waals surface area contributed by atoms with Gasteiger partial charge in [0, 0.05) is 36.2 Å². The fourth-order valence-electron chi connectivity index (χ4n) is 6.40. The molecule has 0 bridgehead atoms. The first-order chi connectivity index (χ1) is 20.1. The van der Waals surface area contributed by atoms with E-state index in [4.69, 9.17) is 21.3 Å². The van der Waals surface area contributed by atoms with Crippen LogP contribution < -0.4 is 25.6 Å². The summed E-state index contributed by atoms with van der Waals surface area (Å²) in [7, 11) is -0.878. The third-order valence-corrected chi connectivity index (χ3v) is 10.7. The molecular weight excluding hydrogens is 567 g/mol. The smallest absolute Gasteiger partial charge is 0.229 e. The number of hydrogen-bond donors (Lipinski definition) is 2. The highest BCUT2D eigenvalue weighted by Gasteiger charge is 2.28. The molecule has 2 aromatic carbocycles. The summed E-state index contributed by atoms with van der Waals surface area (Å²) in [4.78, 5) is 14.3. The van der Waals surface area contributed by atoms with E-state index in [2.05, 4.69) is 44.5 Å². The van der Waals surface area contributed by atoms with Crippen LogP contribution in [0.1, 0.15) is 49.3 Å². The molecule has 2 fully saturated rings. The molecule has 42 heavy (non-hydrogen) atoms. The van der Waals surface area contributed by atoms with Crippen LogP contribution in [0.25, 0.3) is 0 Å².